The predicted octanol–water partition coefficient (Wildman–Crippen LogP) is -0.858. The minimum atomic E-state index is -1.73. The lowest BCUT2D eigenvalue weighted by Gasteiger charge is -2.59. The van der Waals surface area contributed by atoms with E-state index in [9.17, 15) is 51.1 Å². The van der Waals surface area contributed by atoms with E-state index in [1.165, 1.54) is 12.5 Å². The van der Waals surface area contributed by atoms with Crippen molar-refractivity contribution < 1.29 is 89.0 Å². The maximum atomic E-state index is 11.9. The van der Waals surface area contributed by atoms with Crippen molar-refractivity contribution in [2.24, 2.45) is 46.3 Å². The summed E-state index contributed by atoms with van der Waals surface area (Å²) in [6.07, 6.45) is -14.3. The van der Waals surface area contributed by atoms with Gasteiger partial charge in [-0.2, -0.15) is 0 Å². The minimum absolute atomic E-state index is 0.0172. The minimum Gasteiger partial charge on any atom is -0.394 e. The van der Waals surface area contributed by atoms with Gasteiger partial charge < -0.3 is 89.0 Å². The molecule has 27 atom stereocenters. The van der Waals surface area contributed by atoms with Crippen molar-refractivity contribution in [1.82, 2.24) is 0 Å². The van der Waals surface area contributed by atoms with Gasteiger partial charge in [0.2, 0.25) is 0 Å². The molecule has 1 spiro atoms. The fourth-order valence-electron chi connectivity index (χ4n) is 13.9. The van der Waals surface area contributed by atoms with Crippen LogP contribution in [0.4, 0.5) is 0 Å². The van der Waals surface area contributed by atoms with Gasteiger partial charge in [-0.05, 0) is 92.8 Å². The Labute approximate surface area is 362 Å². The molecule has 5 aliphatic heterocycles. The monoisotopic (exact) mass is 886 g/mol. The molecule has 0 bridgehead atoms. The highest BCUT2D eigenvalue weighted by Crippen LogP contribution is 2.71. The first-order valence-electron chi connectivity index (χ1n) is 23.0. The summed E-state index contributed by atoms with van der Waals surface area (Å²) < 4.78 is 49.1. The summed E-state index contributed by atoms with van der Waals surface area (Å²) >= 11 is 0. The van der Waals surface area contributed by atoms with Gasteiger partial charge in [0.05, 0.1) is 31.5 Å². The second-order valence-corrected chi connectivity index (χ2v) is 20.8. The van der Waals surface area contributed by atoms with Crippen LogP contribution in [0.15, 0.2) is 11.6 Å². The normalized spacial score (nSPS) is 58.9. The van der Waals surface area contributed by atoms with Gasteiger partial charge in [-0.3, -0.25) is 0 Å². The largest absolute Gasteiger partial charge is 0.394 e. The number of allylic oxidation sites excluding steroid dienone is 1. The van der Waals surface area contributed by atoms with E-state index < -0.39 is 117 Å². The first kappa shape index (κ1) is 46.1. The van der Waals surface area contributed by atoms with Gasteiger partial charge >= 0.3 is 0 Å². The molecular weight excluding hydrogens is 816 g/mol. The third-order valence-corrected chi connectivity index (χ3v) is 17.5. The second-order valence-electron chi connectivity index (χ2n) is 20.8. The lowest BCUT2D eigenvalue weighted by Crippen LogP contribution is -2.66. The van der Waals surface area contributed by atoms with E-state index in [-0.39, 0.29) is 41.3 Å². The molecule has 354 valence electrons. The standard InChI is InChI=1S/C44H70O18/c1-17-12-28(47)44(62-38(17)54)18(2)29-26(61-44)14-24-22-7-6-20-13-21(8-10-42(20,4)23(22)9-11-43(24,29)5)57-41-37(60-40-34(52)32(50)30(48)19(3)56-40)35(53)36(27(15-45)58-41)59-39-33(51)31(49)25(46)16-55-39/h6,17-19,21-41,45-54H,7-16H2,1-5H3/t17-,18+,19+,21+,22-,23+,24+,25-,26+,27-,28+,29+,30+,31+,32-,33-,34-,35+,36-,37-,38-,39+,40+,41-,42+,43+,44-/m1/s1. The number of hydrogen-bond acceptors (Lipinski definition) is 18. The zero-order valence-corrected chi connectivity index (χ0v) is 36.2. The molecule has 5 heterocycles. The maximum absolute atomic E-state index is 11.9. The third-order valence-electron chi connectivity index (χ3n) is 17.5. The highest BCUT2D eigenvalue weighted by atomic mass is 16.8. The Kier molecular flexibility index (Phi) is 12.6. The Morgan fingerprint density at radius 1 is 0.726 bits per heavy atom. The van der Waals surface area contributed by atoms with Crippen molar-refractivity contribution >= 4 is 0 Å². The van der Waals surface area contributed by atoms with Crippen molar-refractivity contribution in [3.63, 3.8) is 0 Å². The molecule has 0 aromatic carbocycles. The molecule has 5 saturated heterocycles. The van der Waals surface area contributed by atoms with Crippen molar-refractivity contribution in [2.75, 3.05) is 13.2 Å². The van der Waals surface area contributed by atoms with Gasteiger partial charge in [-0.15, -0.1) is 0 Å². The Morgan fingerprint density at radius 2 is 1.45 bits per heavy atom. The highest BCUT2D eigenvalue weighted by Gasteiger charge is 2.71. The van der Waals surface area contributed by atoms with E-state index in [0.29, 0.717) is 37.0 Å². The van der Waals surface area contributed by atoms with Crippen LogP contribution in [-0.2, 0) is 37.9 Å². The van der Waals surface area contributed by atoms with Gasteiger partial charge in [0, 0.05) is 11.8 Å². The summed E-state index contributed by atoms with van der Waals surface area (Å²) in [7, 11) is 0. The fourth-order valence-corrected chi connectivity index (χ4v) is 13.9. The molecular formula is C44H70O18. The number of hydrogen-bond donors (Lipinski definition) is 10. The molecule has 3 saturated carbocycles. The molecule has 4 aliphatic carbocycles. The van der Waals surface area contributed by atoms with E-state index in [1.54, 1.807) is 0 Å². The number of fused-ring (bicyclic) bond motifs is 7. The van der Waals surface area contributed by atoms with E-state index >= 15 is 0 Å². The first-order valence-corrected chi connectivity index (χ1v) is 23.0. The quantitative estimate of drug-likeness (QED) is 0.139. The topological polar surface area (TPSA) is 276 Å². The SMILES string of the molecule is C[C@@H]1C[C@H](O)[C@@]2(O[C@H]1O)O[C@H]1C[C@H]3[C@@H]4CC=C5C[C@@H](O[C@@H]6O[C@H](CO)[C@@H](O[C@@H]7OC[C@@H](O)[C@H](O)[C@H]7O)[C@H](O)[C@H]6O[C@@H]6O[C@@H](C)[C@H](O)[C@@H](O)[C@H]6O)CC[C@]5(C)[C@H]4CC[C@]3(C)[C@H]1[C@@H]2C. The molecule has 0 radical (unpaired) electrons. The van der Waals surface area contributed by atoms with Gasteiger partial charge in [0.15, 0.2) is 30.9 Å². The molecule has 18 heteroatoms. The van der Waals surface area contributed by atoms with Crippen molar-refractivity contribution in [2.45, 2.75) is 202 Å². The van der Waals surface area contributed by atoms with Crippen molar-refractivity contribution in [3.05, 3.63) is 11.6 Å². The van der Waals surface area contributed by atoms with E-state index in [1.807, 2.05) is 6.92 Å². The Bertz CT molecular complexity index is 1640. The molecule has 9 aliphatic rings. The molecule has 0 aromatic rings. The van der Waals surface area contributed by atoms with E-state index in [0.717, 1.165) is 32.1 Å². The molecule has 0 unspecified atom stereocenters. The van der Waals surface area contributed by atoms with Crippen LogP contribution in [0.2, 0.25) is 0 Å². The molecule has 8 fully saturated rings. The summed E-state index contributed by atoms with van der Waals surface area (Å²) in [5, 5.41) is 107. The maximum Gasteiger partial charge on any atom is 0.200 e. The molecule has 9 rings (SSSR count). The molecule has 18 nitrogen and oxygen atoms in total. The lowest BCUT2D eigenvalue weighted by atomic mass is 9.47. The summed E-state index contributed by atoms with van der Waals surface area (Å²) in [6.45, 7) is 9.24. The third kappa shape index (κ3) is 7.30. The summed E-state index contributed by atoms with van der Waals surface area (Å²) in [4.78, 5) is 0. The molecule has 62 heavy (non-hydrogen) atoms. The Hall–Kier alpha value is -0.980. The van der Waals surface area contributed by atoms with Gasteiger partial charge in [-0.25, -0.2) is 0 Å². The van der Waals surface area contributed by atoms with E-state index in [4.69, 9.17) is 37.9 Å². The van der Waals surface area contributed by atoms with E-state index in [2.05, 4.69) is 26.8 Å². The smallest absolute Gasteiger partial charge is 0.200 e. The number of ether oxygens (including phenoxy) is 8. The average molecular weight is 887 g/mol. The zero-order valence-electron chi connectivity index (χ0n) is 36.2. The molecule has 10 N–H and O–H groups in total. The Morgan fingerprint density at radius 3 is 2.19 bits per heavy atom. The molecule has 0 aromatic heterocycles. The predicted molar refractivity (Wildman–Crippen MR) is 211 cm³/mol. The van der Waals surface area contributed by atoms with Crippen LogP contribution in [0.25, 0.3) is 0 Å². The first-order chi connectivity index (χ1) is 29.3. The van der Waals surface area contributed by atoms with Crippen LogP contribution in [-0.4, -0.2) is 181 Å². The van der Waals surface area contributed by atoms with Crippen LogP contribution >= 0.6 is 0 Å². The number of aliphatic hydroxyl groups is 10. The van der Waals surface area contributed by atoms with Crippen LogP contribution in [0.1, 0.15) is 86.0 Å². The number of aliphatic hydroxyl groups excluding tert-OH is 10. The average Bonchev–Trinajstić information content (AvgIpc) is 3.69. The Balaban J connectivity index is 0.914. The molecule has 0 amide bonds. The fraction of sp³-hybridized carbons (Fsp3) is 0.955. The second kappa shape index (κ2) is 17.0. The van der Waals surface area contributed by atoms with Crippen LogP contribution < -0.4 is 0 Å². The van der Waals surface area contributed by atoms with Crippen LogP contribution in [0.5, 0.6) is 0 Å². The van der Waals surface area contributed by atoms with Crippen molar-refractivity contribution in [3.8, 4) is 0 Å². The highest BCUT2D eigenvalue weighted by molar-refractivity contribution is 5.26. The summed E-state index contributed by atoms with van der Waals surface area (Å²) in [5.74, 6) is 0.00381. The summed E-state index contributed by atoms with van der Waals surface area (Å²) in [5.41, 5.74) is 1.17. The van der Waals surface area contributed by atoms with Gasteiger partial charge in [-0.1, -0.05) is 39.3 Å². The van der Waals surface area contributed by atoms with Crippen LogP contribution in [0.3, 0.4) is 0 Å². The van der Waals surface area contributed by atoms with Crippen molar-refractivity contribution in [1.29, 1.82) is 0 Å². The van der Waals surface area contributed by atoms with Gasteiger partial charge in [0.25, 0.3) is 0 Å². The lowest BCUT2D eigenvalue weighted by molar-refractivity contribution is -0.385. The van der Waals surface area contributed by atoms with Gasteiger partial charge in [0.1, 0.15) is 67.1 Å². The van der Waals surface area contributed by atoms with Crippen LogP contribution in [0, 0.1) is 46.3 Å². The summed E-state index contributed by atoms with van der Waals surface area (Å²) in [6, 6.07) is 0. The zero-order chi connectivity index (χ0) is 44.4. The number of rotatable bonds is 7.